The average molecular weight is 467 g/mol. The molecular formula is C27H26N6O2. The van der Waals surface area contributed by atoms with Gasteiger partial charge in [0.1, 0.15) is 11.6 Å². The molecule has 0 radical (unpaired) electrons. The van der Waals surface area contributed by atoms with E-state index >= 15 is 0 Å². The SMILES string of the molecule is Cc1ncccc1N(Cc1ccc2c3c(c(N)nc2c1)C(C)OC3)C(=O)c1cnc(C2CC2)nc1. The van der Waals surface area contributed by atoms with Crippen LogP contribution in [0.2, 0.25) is 0 Å². The number of aromatic nitrogens is 4. The van der Waals surface area contributed by atoms with E-state index in [1.165, 1.54) is 0 Å². The fourth-order valence-electron chi connectivity index (χ4n) is 4.78. The molecule has 1 atom stereocenters. The summed E-state index contributed by atoms with van der Waals surface area (Å²) >= 11 is 0. The number of nitrogens with two attached hydrogens (primary N) is 1. The lowest BCUT2D eigenvalue weighted by molar-refractivity contribution is 0.0801. The van der Waals surface area contributed by atoms with Crippen LogP contribution in [0, 0.1) is 6.92 Å². The number of hydrogen-bond acceptors (Lipinski definition) is 7. The van der Waals surface area contributed by atoms with Crippen LogP contribution < -0.4 is 10.6 Å². The molecule has 1 fully saturated rings. The van der Waals surface area contributed by atoms with Gasteiger partial charge in [-0.25, -0.2) is 15.0 Å². The van der Waals surface area contributed by atoms with Gasteiger partial charge in [-0.3, -0.25) is 9.78 Å². The highest BCUT2D eigenvalue weighted by molar-refractivity contribution is 6.06. The Morgan fingerprint density at radius 1 is 1.17 bits per heavy atom. The van der Waals surface area contributed by atoms with Crippen LogP contribution in [0.3, 0.4) is 0 Å². The second-order valence-corrected chi connectivity index (χ2v) is 9.30. The van der Waals surface area contributed by atoms with Crippen LogP contribution in [0.5, 0.6) is 0 Å². The number of anilines is 2. The van der Waals surface area contributed by atoms with Gasteiger partial charge in [-0.2, -0.15) is 0 Å². The average Bonchev–Trinajstić information content (AvgIpc) is 3.64. The lowest BCUT2D eigenvalue weighted by atomic mass is 10.0. The Labute approximate surface area is 203 Å². The van der Waals surface area contributed by atoms with Gasteiger partial charge in [0.2, 0.25) is 0 Å². The molecule has 8 heteroatoms. The number of hydrogen-bond donors (Lipinski definition) is 1. The third-order valence-corrected chi connectivity index (χ3v) is 6.83. The normalized spacial score (nSPS) is 16.9. The number of carbonyl (C=O) groups excluding carboxylic acids is 1. The van der Waals surface area contributed by atoms with Crippen molar-refractivity contribution in [3.05, 3.63) is 82.7 Å². The smallest absolute Gasteiger partial charge is 0.261 e. The van der Waals surface area contributed by atoms with Crippen LogP contribution in [0.15, 0.2) is 48.9 Å². The topological polar surface area (TPSA) is 107 Å². The van der Waals surface area contributed by atoms with Crippen molar-refractivity contribution in [2.24, 2.45) is 0 Å². The standard InChI is InChI=1S/C27H26N6O2/c1-15-23(4-3-9-29-15)33(27(34)19-11-30-26(31-12-19)18-6-7-18)13-17-5-8-20-21-14-35-16(2)24(21)25(28)32-22(20)10-17/h3-5,8-12,16,18H,6-7,13-14H2,1-2H3,(H2,28,32). The number of pyridine rings is 2. The van der Waals surface area contributed by atoms with Crippen molar-refractivity contribution in [2.45, 2.75) is 51.9 Å². The number of carbonyl (C=O) groups is 1. The Hall–Kier alpha value is -3.91. The molecule has 0 spiro atoms. The predicted octanol–water partition coefficient (Wildman–Crippen LogP) is 4.63. The van der Waals surface area contributed by atoms with E-state index in [0.717, 1.165) is 57.6 Å². The number of fused-ring (bicyclic) bond motifs is 3. The molecule has 1 unspecified atom stereocenters. The first kappa shape index (κ1) is 21.6. The van der Waals surface area contributed by atoms with E-state index in [9.17, 15) is 4.79 Å². The van der Waals surface area contributed by atoms with Crippen molar-refractivity contribution in [2.75, 3.05) is 10.6 Å². The summed E-state index contributed by atoms with van der Waals surface area (Å²) in [5.41, 5.74) is 12.0. The molecule has 2 aliphatic rings. The Bertz CT molecular complexity index is 1450. The van der Waals surface area contributed by atoms with E-state index < -0.39 is 0 Å². The maximum absolute atomic E-state index is 13.7. The van der Waals surface area contributed by atoms with Gasteiger partial charge in [-0.1, -0.05) is 12.1 Å². The van der Waals surface area contributed by atoms with Crippen molar-refractivity contribution in [1.29, 1.82) is 0 Å². The summed E-state index contributed by atoms with van der Waals surface area (Å²) in [5.74, 6) is 1.57. The summed E-state index contributed by atoms with van der Waals surface area (Å²) in [4.78, 5) is 33.3. The Balaban J connectivity index is 1.37. The number of rotatable bonds is 5. The molecule has 1 amide bonds. The van der Waals surface area contributed by atoms with E-state index in [4.69, 9.17) is 10.5 Å². The fourth-order valence-corrected chi connectivity index (χ4v) is 4.78. The predicted molar refractivity (Wildman–Crippen MR) is 133 cm³/mol. The Kier molecular flexibility index (Phi) is 5.18. The third-order valence-electron chi connectivity index (χ3n) is 6.83. The number of ether oxygens (including phenoxy) is 1. The summed E-state index contributed by atoms with van der Waals surface area (Å²) in [6, 6.07) is 9.81. The van der Waals surface area contributed by atoms with Crippen molar-refractivity contribution < 1.29 is 9.53 Å². The molecule has 35 heavy (non-hydrogen) atoms. The highest BCUT2D eigenvalue weighted by Gasteiger charge is 2.28. The highest BCUT2D eigenvalue weighted by atomic mass is 16.5. The first-order valence-corrected chi connectivity index (χ1v) is 11.9. The molecule has 3 aromatic heterocycles. The lowest BCUT2D eigenvalue weighted by Crippen LogP contribution is -2.31. The molecule has 4 heterocycles. The molecule has 0 bridgehead atoms. The summed E-state index contributed by atoms with van der Waals surface area (Å²) in [5, 5.41) is 1.03. The van der Waals surface area contributed by atoms with Crippen LogP contribution in [0.1, 0.15) is 70.4 Å². The number of aryl methyl sites for hydroxylation is 1. The van der Waals surface area contributed by atoms with E-state index in [2.05, 4.69) is 19.9 Å². The zero-order valence-corrected chi connectivity index (χ0v) is 19.7. The monoisotopic (exact) mass is 466 g/mol. The van der Waals surface area contributed by atoms with Crippen LogP contribution in [0.25, 0.3) is 10.9 Å². The minimum Gasteiger partial charge on any atom is -0.383 e. The molecular weight excluding hydrogens is 440 g/mol. The maximum Gasteiger partial charge on any atom is 0.261 e. The molecule has 1 aromatic carbocycles. The molecule has 4 aromatic rings. The minimum atomic E-state index is -0.174. The summed E-state index contributed by atoms with van der Waals surface area (Å²) in [6.45, 7) is 4.76. The summed E-state index contributed by atoms with van der Waals surface area (Å²) < 4.78 is 5.79. The van der Waals surface area contributed by atoms with Gasteiger partial charge in [0.25, 0.3) is 5.91 Å². The van der Waals surface area contributed by atoms with E-state index in [-0.39, 0.29) is 12.0 Å². The van der Waals surface area contributed by atoms with Crippen LogP contribution >= 0.6 is 0 Å². The number of benzene rings is 1. The van der Waals surface area contributed by atoms with Gasteiger partial charge in [-0.15, -0.1) is 0 Å². The zero-order valence-electron chi connectivity index (χ0n) is 19.7. The van der Waals surface area contributed by atoms with Gasteiger partial charge < -0.3 is 15.4 Å². The lowest BCUT2D eigenvalue weighted by Gasteiger charge is -2.24. The van der Waals surface area contributed by atoms with Gasteiger partial charge in [0.15, 0.2) is 0 Å². The Morgan fingerprint density at radius 3 is 2.71 bits per heavy atom. The number of amides is 1. The van der Waals surface area contributed by atoms with Gasteiger partial charge in [-0.05, 0) is 56.0 Å². The number of nitrogens with zero attached hydrogens (tertiary/aromatic N) is 5. The largest absolute Gasteiger partial charge is 0.383 e. The van der Waals surface area contributed by atoms with Gasteiger partial charge in [0, 0.05) is 35.5 Å². The minimum absolute atomic E-state index is 0.0585. The van der Waals surface area contributed by atoms with Crippen molar-refractivity contribution in [1.82, 2.24) is 19.9 Å². The maximum atomic E-state index is 13.7. The summed E-state index contributed by atoms with van der Waals surface area (Å²) in [6.07, 6.45) is 7.16. The molecule has 1 aliphatic carbocycles. The fraction of sp³-hybridized carbons (Fsp3) is 0.296. The molecule has 8 nitrogen and oxygen atoms in total. The second-order valence-electron chi connectivity index (χ2n) is 9.30. The van der Waals surface area contributed by atoms with Crippen molar-refractivity contribution >= 4 is 28.3 Å². The first-order chi connectivity index (χ1) is 17.0. The third kappa shape index (κ3) is 3.89. The molecule has 176 valence electrons. The van der Waals surface area contributed by atoms with Crippen LogP contribution in [-0.4, -0.2) is 25.8 Å². The highest BCUT2D eigenvalue weighted by Crippen LogP contribution is 2.39. The molecule has 1 aliphatic heterocycles. The van der Waals surface area contributed by atoms with E-state index in [1.807, 2.05) is 44.2 Å². The molecule has 0 saturated heterocycles. The molecule has 6 rings (SSSR count). The van der Waals surface area contributed by atoms with Crippen LogP contribution in [-0.2, 0) is 17.9 Å². The number of nitrogen functional groups attached to an aromatic ring is 1. The van der Waals surface area contributed by atoms with Crippen molar-refractivity contribution in [3.63, 3.8) is 0 Å². The first-order valence-electron chi connectivity index (χ1n) is 11.9. The quantitative estimate of drug-likeness (QED) is 0.457. The van der Waals surface area contributed by atoms with Crippen molar-refractivity contribution in [3.8, 4) is 0 Å². The van der Waals surface area contributed by atoms with Gasteiger partial charge >= 0.3 is 0 Å². The zero-order chi connectivity index (χ0) is 24.1. The van der Waals surface area contributed by atoms with E-state index in [1.54, 1.807) is 23.5 Å². The molecule has 2 N–H and O–H groups in total. The second kappa shape index (κ2) is 8.39. The molecule has 1 saturated carbocycles. The van der Waals surface area contributed by atoms with E-state index in [0.29, 0.717) is 30.5 Å². The summed E-state index contributed by atoms with van der Waals surface area (Å²) in [7, 11) is 0. The van der Waals surface area contributed by atoms with Crippen LogP contribution in [0.4, 0.5) is 11.5 Å². The Morgan fingerprint density at radius 2 is 1.97 bits per heavy atom. The van der Waals surface area contributed by atoms with Gasteiger partial charge in [0.05, 0.1) is 41.7 Å².